The zero-order chi connectivity index (χ0) is 16.6. The standard InChI is InChI=1S/C16H19N3O4/c1-18(2)13-8-7-11(23-13)9-12-14(20)17-16(22)19(15(12)21)10-5-3-4-6-10/h7-10H,3-6H2,1-2H3,(H,17,20,22). The molecule has 1 aromatic rings. The Morgan fingerprint density at radius 3 is 2.52 bits per heavy atom. The van der Waals surface area contributed by atoms with E-state index in [-0.39, 0.29) is 11.6 Å². The molecule has 122 valence electrons. The number of rotatable bonds is 3. The summed E-state index contributed by atoms with van der Waals surface area (Å²) in [5, 5.41) is 2.24. The van der Waals surface area contributed by atoms with Crippen molar-refractivity contribution in [3.63, 3.8) is 0 Å². The van der Waals surface area contributed by atoms with E-state index in [0.717, 1.165) is 25.7 Å². The van der Waals surface area contributed by atoms with E-state index < -0.39 is 17.8 Å². The van der Waals surface area contributed by atoms with Crippen LogP contribution in [0.5, 0.6) is 0 Å². The molecule has 0 radical (unpaired) electrons. The summed E-state index contributed by atoms with van der Waals surface area (Å²) in [4.78, 5) is 39.6. The molecule has 7 nitrogen and oxygen atoms in total. The number of hydrogen-bond acceptors (Lipinski definition) is 5. The molecule has 1 N–H and O–H groups in total. The van der Waals surface area contributed by atoms with Crippen LogP contribution in [0.4, 0.5) is 10.7 Å². The Morgan fingerprint density at radius 1 is 1.22 bits per heavy atom. The van der Waals surface area contributed by atoms with Crippen molar-refractivity contribution in [1.29, 1.82) is 0 Å². The van der Waals surface area contributed by atoms with E-state index in [4.69, 9.17) is 4.42 Å². The van der Waals surface area contributed by atoms with E-state index >= 15 is 0 Å². The number of amides is 4. The van der Waals surface area contributed by atoms with Crippen LogP contribution >= 0.6 is 0 Å². The summed E-state index contributed by atoms with van der Waals surface area (Å²) in [5.74, 6) is -0.220. The second-order valence-corrected chi connectivity index (χ2v) is 6.00. The fourth-order valence-corrected chi connectivity index (χ4v) is 2.97. The third-order valence-corrected chi connectivity index (χ3v) is 4.16. The molecule has 1 saturated carbocycles. The molecule has 1 aliphatic carbocycles. The van der Waals surface area contributed by atoms with Gasteiger partial charge in [0.15, 0.2) is 5.88 Å². The number of nitrogens with zero attached hydrogens (tertiary/aromatic N) is 2. The van der Waals surface area contributed by atoms with Crippen molar-refractivity contribution in [2.45, 2.75) is 31.7 Å². The average molecular weight is 317 g/mol. The largest absolute Gasteiger partial charge is 0.441 e. The van der Waals surface area contributed by atoms with E-state index in [1.54, 1.807) is 17.0 Å². The molecule has 4 amide bonds. The van der Waals surface area contributed by atoms with Crippen LogP contribution in [0, 0.1) is 0 Å². The van der Waals surface area contributed by atoms with E-state index in [1.807, 2.05) is 14.1 Å². The number of carbonyl (C=O) groups is 3. The van der Waals surface area contributed by atoms with Gasteiger partial charge >= 0.3 is 6.03 Å². The number of urea groups is 1. The van der Waals surface area contributed by atoms with Gasteiger partial charge in [-0.15, -0.1) is 0 Å². The van der Waals surface area contributed by atoms with Gasteiger partial charge in [-0.3, -0.25) is 19.8 Å². The van der Waals surface area contributed by atoms with E-state index in [1.165, 1.54) is 11.0 Å². The highest BCUT2D eigenvalue weighted by molar-refractivity contribution is 6.31. The SMILES string of the molecule is CN(C)c1ccc(C=C2C(=O)NC(=O)N(C3CCCC3)C2=O)o1. The van der Waals surface area contributed by atoms with Gasteiger partial charge in [-0.05, 0) is 25.0 Å². The van der Waals surface area contributed by atoms with Gasteiger partial charge < -0.3 is 9.32 Å². The zero-order valence-corrected chi connectivity index (χ0v) is 13.2. The van der Waals surface area contributed by atoms with Gasteiger partial charge in [0.25, 0.3) is 11.8 Å². The molecule has 3 rings (SSSR count). The summed E-state index contributed by atoms with van der Waals surface area (Å²) in [6.45, 7) is 0. The highest BCUT2D eigenvalue weighted by Crippen LogP contribution is 2.27. The maximum absolute atomic E-state index is 12.6. The lowest BCUT2D eigenvalue weighted by Crippen LogP contribution is -2.57. The lowest BCUT2D eigenvalue weighted by Gasteiger charge is -2.30. The van der Waals surface area contributed by atoms with Crippen molar-refractivity contribution >= 4 is 29.8 Å². The third-order valence-electron chi connectivity index (χ3n) is 4.16. The van der Waals surface area contributed by atoms with Crippen LogP contribution in [0.3, 0.4) is 0 Å². The van der Waals surface area contributed by atoms with Gasteiger partial charge in [-0.2, -0.15) is 0 Å². The number of furan rings is 1. The molecule has 1 saturated heterocycles. The Bertz CT molecular complexity index is 683. The van der Waals surface area contributed by atoms with Crippen LogP contribution in [0.1, 0.15) is 31.4 Å². The van der Waals surface area contributed by atoms with Gasteiger partial charge in [0.05, 0.1) is 0 Å². The predicted octanol–water partition coefficient (Wildman–Crippen LogP) is 1.75. The molecule has 1 aliphatic heterocycles. The van der Waals surface area contributed by atoms with Crippen molar-refractivity contribution < 1.29 is 18.8 Å². The van der Waals surface area contributed by atoms with Crippen molar-refractivity contribution in [2.75, 3.05) is 19.0 Å². The maximum Gasteiger partial charge on any atom is 0.331 e. The number of hydrogen-bond donors (Lipinski definition) is 1. The fraction of sp³-hybridized carbons (Fsp3) is 0.438. The van der Waals surface area contributed by atoms with Crippen molar-refractivity contribution in [3.8, 4) is 0 Å². The lowest BCUT2D eigenvalue weighted by molar-refractivity contribution is -0.131. The van der Waals surface area contributed by atoms with E-state index in [2.05, 4.69) is 5.32 Å². The minimum absolute atomic E-state index is 0.0730. The Labute approximate surface area is 133 Å². The molecule has 0 spiro atoms. The zero-order valence-electron chi connectivity index (χ0n) is 13.2. The molecule has 23 heavy (non-hydrogen) atoms. The normalized spacial score (nSPS) is 21.2. The van der Waals surface area contributed by atoms with E-state index in [0.29, 0.717) is 11.6 Å². The number of anilines is 1. The second kappa shape index (κ2) is 5.91. The van der Waals surface area contributed by atoms with Crippen molar-refractivity contribution in [2.24, 2.45) is 0 Å². The molecule has 0 aromatic carbocycles. The fourth-order valence-electron chi connectivity index (χ4n) is 2.97. The first-order valence-electron chi connectivity index (χ1n) is 7.65. The highest BCUT2D eigenvalue weighted by Gasteiger charge is 2.40. The van der Waals surface area contributed by atoms with Crippen LogP contribution in [0.15, 0.2) is 22.1 Å². The molecule has 0 bridgehead atoms. The van der Waals surface area contributed by atoms with Gasteiger partial charge in [-0.25, -0.2) is 4.79 Å². The molecular formula is C16H19N3O4. The van der Waals surface area contributed by atoms with Gasteiger partial charge in [0.2, 0.25) is 0 Å². The number of nitrogens with one attached hydrogen (secondary N) is 1. The first kappa shape index (κ1) is 15.3. The summed E-state index contributed by atoms with van der Waals surface area (Å²) >= 11 is 0. The first-order chi connectivity index (χ1) is 11.0. The highest BCUT2D eigenvalue weighted by atomic mass is 16.4. The molecular weight excluding hydrogens is 298 g/mol. The number of imide groups is 2. The lowest BCUT2D eigenvalue weighted by atomic mass is 10.1. The summed E-state index contributed by atoms with van der Waals surface area (Å²) in [6.07, 6.45) is 4.93. The van der Waals surface area contributed by atoms with Crippen LogP contribution in [-0.2, 0) is 9.59 Å². The predicted molar refractivity (Wildman–Crippen MR) is 83.7 cm³/mol. The maximum atomic E-state index is 12.6. The first-order valence-corrected chi connectivity index (χ1v) is 7.65. The summed E-state index contributed by atoms with van der Waals surface area (Å²) in [5.41, 5.74) is -0.0730. The van der Waals surface area contributed by atoms with E-state index in [9.17, 15) is 14.4 Å². The van der Waals surface area contributed by atoms with Crippen LogP contribution < -0.4 is 10.2 Å². The molecule has 2 heterocycles. The van der Waals surface area contributed by atoms with Gasteiger partial charge in [0, 0.05) is 26.2 Å². The summed E-state index contributed by atoms with van der Waals surface area (Å²) in [6, 6.07) is 2.67. The smallest absolute Gasteiger partial charge is 0.331 e. The van der Waals surface area contributed by atoms with Crippen molar-refractivity contribution in [1.82, 2.24) is 10.2 Å². The molecule has 0 unspecified atom stereocenters. The quantitative estimate of drug-likeness (QED) is 0.678. The van der Waals surface area contributed by atoms with Crippen LogP contribution in [-0.4, -0.2) is 42.9 Å². The topological polar surface area (TPSA) is 82.9 Å². The van der Waals surface area contributed by atoms with Gasteiger partial charge in [-0.1, -0.05) is 12.8 Å². The molecule has 1 aromatic heterocycles. The Kier molecular flexibility index (Phi) is 3.94. The minimum Gasteiger partial charge on any atom is -0.441 e. The Morgan fingerprint density at radius 2 is 1.91 bits per heavy atom. The Balaban J connectivity index is 1.89. The Hall–Kier alpha value is -2.57. The average Bonchev–Trinajstić information content (AvgIpc) is 3.14. The van der Waals surface area contributed by atoms with Crippen LogP contribution in [0.2, 0.25) is 0 Å². The molecule has 2 aliphatic rings. The number of barbiturate groups is 1. The second-order valence-electron chi connectivity index (χ2n) is 6.00. The number of carbonyl (C=O) groups excluding carboxylic acids is 3. The minimum atomic E-state index is -0.683. The monoisotopic (exact) mass is 317 g/mol. The molecule has 2 fully saturated rings. The summed E-state index contributed by atoms with van der Waals surface area (Å²) in [7, 11) is 3.66. The third kappa shape index (κ3) is 2.86. The van der Waals surface area contributed by atoms with Gasteiger partial charge in [0.1, 0.15) is 11.3 Å². The van der Waals surface area contributed by atoms with Crippen molar-refractivity contribution in [3.05, 3.63) is 23.5 Å². The summed E-state index contributed by atoms with van der Waals surface area (Å²) < 4.78 is 5.55. The van der Waals surface area contributed by atoms with Crippen LogP contribution in [0.25, 0.3) is 6.08 Å². The molecule has 0 atom stereocenters. The molecule has 7 heteroatoms.